The molecule has 0 spiro atoms. The molecule has 7 heteroatoms. The van der Waals surface area contributed by atoms with E-state index < -0.39 is 6.10 Å². The van der Waals surface area contributed by atoms with Gasteiger partial charge in [0.2, 0.25) is 0 Å². The molecule has 2 saturated heterocycles. The highest BCUT2D eigenvalue weighted by molar-refractivity contribution is 5.80. The third kappa shape index (κ3) is 5.06. The average molecular weight is 351 g/mol. The quantitative estimate of drug-likeness (QED) is 0.512. The summed E-state index contributed by atoms with van der Waals surface area (Å²) in [4.78, 5) is 4.44. The van der Waals surface area contributed by atoms with Gasteiger partial charge in [-0.3, -0.25) is 4.99 Å². The maximum atomic E-state index is 12.8. The fraction of sp³-hybridized carbons (Fsp3) is 0.611. The number of benzene rings is 1. The van der Waals surface area contributed by atoms with E-state index >= 15 is 0 Å². The van der Waals surface area contributed by atoms with Crippen LogP contribution < -0.4 is 15.4 Å². The van der Waals surface area contributed by atoms with Crippen LogP contribution >= 0.6 is 0 Å². The highest BCUT2D eigenvalue weighted by atomic mass is 19.1. The first kappa shape index (κ1) is 17.9. The van der Waals surface area contributed by atoms with Gasteiger partial charge in [-0.15, -0.1) is 0 Å². The minimum Gasteiger partial charge on any atom is -0.491 e. The first-order valence-electron chi connectivity index (χ1n) is 8.90. The van der Waals surface area contributed by atoms with Crippen LogP contribution in [0.2, 0.25) is 0 Å². The van der Waals surface area contributed by atoms with Gasteiger partial charge >= 0.3 is 0 Å². The van der Waals surface area contributed by atoms with Crippen molar-refractivity contribution in [3.05, 3.63) is 30.1 Å². The second kappa shape index (κ2) is 8.49. The highest BCUT2D eigenvalue weighted by Gasteiger charge is 2.41. The lowest BCUT2D eigenvalue weighted by molar-refractivity contribution is 0.0991. The molecule has 0 amide bonds. The van der Waals surface area contributed by atoms with Crippen LogP contribution in [0.1, 0.15) is 26.2 Å². The van der Waals surface area contributed by atoms with Crippen molar-refractivity contribution in [2.24, 2.45) is 4.99 Å². The molecule has 2 fully saturated rings. The maximum absolute atomic E-state index is 12.8. The first-order chi connectivity index (χ1) is 12.1. The molecular weight excluding hydrogens is 325 g/mol. The lowest BCUT2D eigenvalue weighted by Gasteiger charge is -2.23. The number of hydrogen-bond donors (Lipinski definition) is 3. The Bertz CT molecular complexity index is 581. The molecule has 138 valence electrons. The van der Waals surface area contributed by atoms with Crippen molar-refractivity contribution in [2.75, 3.05) is 19.7 Å². The van der Waals surface area contributed by atoms with Crippen LogP contribution in [0.25, 0.3) is 0 Å². The largest absolute Gasteiger partial charge is 0.491 e. The Hall–Kier alpha value is -1.86. The topological polar surface area (TPSA) is 75.1 Å². The van der Waals surface area contributed by atoms with Gasteiger partial charge in [-0.25, -0.2) is 4.39 Å². The van der Waals surface area contributed by atoms with Crippen molar-refractivity contribution >= 4 is 5.96 Å². The number of aliphatic hydroxyl groups is 1. The maximum Gasteiger partial charge on any atom is 0.191 e. The number of nitrogens with one attached hydrogen (secondary N) is 2. The van der Waals surface area contributed by atoms with Crippen molar-refractivity contribution in [2.45, 2.75) is 50.5 Å². The zero-order valence-electron chi connectivity index (χ0n) is 14.5. The number of rotatable bonds is 7. The summed E-state index contributed by atoms with van der Waals surface area (Å²) >= 11 is 0. The summed E-state index contributed by atoms with van der Waals surface area (Å²) in [6.07, 6.45) is 3.15. The Morgan fingerprint density at radius 2 is 2.20 bits per heavy atom. The second-order valence-electron chi connectivity index (χ2n) is 6.50. The third-order valence-electron chi connectivity index (χ3n) is 4.49. The van der Waals surface area contributed by atoms with Crippen molar-refractivity contribution in [1.29, 1.82) is 0 Å². The molecule has 3 N–H and O–H groups in total. The number of aliphatic hydroxyl groups excluding tert-OH is 1. The van der Waals surface area contributed by atoms with Gasteiger partial charge in [0, 0.05) is 6.54 Å². The molecule has 2 aliphatic heterocycles. The number of aliphatic imine (C=N–C) groups is 1. The van der Waals surface area contributed by atoms with Crippen LogP contribution in [0, 0.1) is 5.82 Å². The molecule has 6 nitrogen and oxygen atoms in total. The molecule has 2 aliphatic rings. The van der Waals surface area contributed by atoms with Crippen LogP contribution in [0.3, 0.4) is 0 Å². The van der Waals surface area contributed by atoms with Gasteiger partial charge in [0.25, 0.3) is 0 Å². The van der Waals surface area contributed by atoms with Gasteiger partial charge in [0.05, 0.1) is 24.8 Å². The fourth-order valence-electron chi connectivity index (χ4n) is 3.26. The van der Waals surface area contributed by atoms with E-state index in [2.05, 4.69) is 15.6 Å². The van der Waals surface area contributed by atoms with E-state index in [0.717, 1.165) is 25.8 Å². The predicted octanol–water partition coefficient (Wildman–Crippen LogP) is 1.44. The molecular formula is C18H26FN3O3. The van der Waals surface area contributed by atoms with E-state index in [4.69, 9.17) is 9.47 Å². The second-order valence-corrected chi connectivity index (χ2v) is 6.50. The van der Waals surface area contributed by atoms with Crippen molar-refractivity contribution in [3.8, 4) is 5.75 Å². The minimum absolute atomic E-state index is 0.103. The Morgan fingerprint density at radius 3 is 2.84 bits per heavy atom. The summed E-state index contributed by atoms with van der Waals surface area (Å²) in [7, 11) is 0. The monoisotopic (exact) mass is 351 g/mol. The Labute approximate surface area is 147 Å². The molecule has 2 bridgehead atoms. The van der Waals surface area contributed by atoms with E-state index in [9.17, 15) is 9.50 Å². The molecule has 1 aromatic rings. The lowest BCUT2D eigenvalue weighted by Crippen LogP contribution is -2.47. The van der Waals surface area contributed by atoms with Gasteiger partial charge in [-0.05, 0) is 50.5 Å². The van der Waals surface area contributed by atoms with Crippen molar-refractivity contribution < 1.29 is 19.0 Å². The van der Waals surface area contributed by atoms with Crippen LogP contribution in [0.4, 0.5) is 4.39 Å². The van der Waals surface area contributed by atoms with Gasteiger partial charge in [-0.1, -0.05) is 0 Å². The summed E-state index contributed by atoms with van der Waals surface area (Å²) in [6, 6.07) is 6.00. The Balaban J connectivity index is 1.46. The van der Waals surface area contributed by atoms with Crippen LogP contribution in [-0.4, -0.2) is 55.1 Å². The first-order valence-corrected chi connectivity index (χ1v) is 8.90. The van der Waals surface area contributed by atoms with Gasteiger partial charge < -0.3 is 25.2 Å². The molecule has 0 aliphatic carbocycles. The molecule has 1 aromatic carbocycles. The molecule has 25 heavy (non-hydrogen) atoms. The molecule has 0 saturated carbocycles. The SMILES string of the molecule is CCNC(=NCC(O)COc1ccc(F)cc1)NC1CC2CCC1O2. The smallest absolute Gasteiger partial charge is 0.191 e. The molecule has 4 unspecified atom stereocenters. The number of guanidine groups is 1. The van der Waals surface area contributed by atoms with Gasteiger partial charge in [0.15, 0.2) is 5.96 Å². The number of nitrogens with zero attached hydrogens (tertiary/aromatic N) is 1. The molecule has 0 aromatic heterocycles. The summed E-state index contributed by atoms with van der Waals surface area (Å²) < 4.78 is 24.1. The van der Waals surface area contributed by atoms with Crippen LogP contribution in [0.15, 0.2) is 29.3 Å². The number of hydrogen-bond acceptors (Lipinski definition) is 4. The molecule has 0 radical (unpaired) electrons. The summed E-state index contributed by atoms with van der Waals surface area (Å²) in [6.45, 7) is 3.07. The van der Waals surface area contributed by atoms with Gasteiger partial charge in [0.1, 0.15) is 24.3 Å². The Morgan fingerprint density at radius 1 is 1.40 bits per heavy atom. The third-order valence-corrected chi connectivity index (χ3v) is 4.49. The van der Waals surface area contributed by atoms with Crippen molar-refractivity contribution in [1.82, 2.24) is 10.6 Å². The summed E-state index contributed by atoms with van der Waals surface area (Å²) in [5.41, 5.74) is 0. The lowest BCUT2D eigenvalue weighted by atomic mass is 9.96. The van der Waals surface area contributed by atoms with E-state index in [1.165, 1.54) is 24.3 Å². The minimum atomic E-state index is -0.739. The van der Waals surface area contributed by atoms with E-state index in [1.54, 1.807) is 0 Å². The fourth-order valence-corrected chi connectivity index (χ4v) is 3.26. The average Bonchev–Trinajstić information content (AvgIpc) is 3.22. The van der Waals surface area contributed by atoms with Crippen LogP contribution in [-0.2, 0) is 4.74 Å². The predicted molar refractivity (Wildman–Crippen MR) is 93.3 cm³/mol. The zero-order valence-corrected chi connectivity index (χ0v) is 14.5. The number of ether oxygens (including phenoxy) is 2. The summed E-state index contributed by atoms with van der Waals surface area (Å²) in [5, 5.41) is 16.7. The summed E-state index contributed by atoms with van der Waals surface area (Å²) in [5.74, 6) is 0.890. The normalized spacial score (nSPS) is 26.5. The van der Waals surface area contributed by atoms with Gasteiger partial charge in [-0.2, -0.15) is 0 Å². The number of halogens is 1. The molecule has 4 atom stereocenters. The van der Waals surface area contributed by atoms with E-state index in [1.807, 2.05) is 6.92 Å². The Kier molecular flexibility index (Phi) is 6.09. The molecule has 2 heterocycles. The number of fused-ring (bicyclic) bond motifs is 2. The van der Waals surface area contributed by atoms with E-state index in [-0.39, 0.29) is 31.1 Å². The highest BCUT2D eigenvalue weighted by Crippen LogP contribution is 2.34. The van der Waals surface area contributed by atoms with Crippen molar-refractivity contribution in [3.63, 3.8) is 0 Å². The van der Waals surface area contributed by atoms with Crippen LogP contribution in [0.5, 0.6) is 5.75 Å². The molecule has 3 rings (SSSR count). The standard InChI is InChI=1S/C18H26FN3O3/c1-2-20-18(22-16-9-15-7-8-17(16)25-15)21-10-13(23)11-24-14-5-3-12(19)4-6-14/h3-6,13,15-17,23H,2,7-11H2,1H3,(H2,20,21,22). The zero-order chi connectivity index (χ0) is 17.6. The van der Waals surface area contributed by atoms with E-state index in [0.29, 0.717) is 17.8 Å².